The fraction of sp³-hybridized carbons (Fsp3) is 0.429. The van der Waals surface area contributed by atoms with Crippen molar-refractivity contribution >= 4 is 17.3 Å². The van der Waals surface area contributed by atoms with Crippen LogP contribution in [0.3, 0.4) is 0 Å². The molecule has 2 fully saturated rings. The third-order valence-electron chi connectivity index (χ3n) is 8.92. The minimum absolute atomic E-state index is 0.113. The molecular formula is C35H44N6O. The molecule has 3 aromatic rings. The summed E-state index contributed by atoms with van der Waals surface area (Å²) in [6.45, 7) is 13.9. The van der Waals surface area contributed by atoms with Gasteiger partial charge in [-0.15, -0.1) is 0 Å². The van der Waals surface area contributed by atoms with E-state index >= 15 is 0 Å². The van der Waals surface area contributed by atoms with Gasteiger partial charge in [0.05, 0.1) is 11.3 Å². The molecule has 1 amide bonds. The highest BCUT2D eigenvalue weighted by Crippen LogP contribution is 2.27. The lowest BCUT2D eigenvalue weighted by Crippen LogP contribution is -2.54. The largest absolute Gasteiger partial charge is 0.368 e. The molecule has 0 aliphatic carbocycles. The minimum Gasteiger partial charge on any atom is -0.368 e. The maximum Gasteiger partial charge on any atom is 0.254 e. The normalized spacial score (nSPS) is 17.8. The van der Waals surface area contributed by atoms with Gasteiger partial charge >= 0.3 is 0 Å². The Bertz CT molecular complexity index is 1440. The number of amides is 1. The summed E-state index contributed by atoms with van der Waals surface area (Å²) in [5, 5.41) is 9.51. The third-order valence-corrected chi connectivity index (χ3v) is 8.92. The zero-order chi connectivity index (χ0) is 29.6. The van der Waals surface area contributed by atoms with Crippen LogP contribution in [0.4, 0.5) is 11.4 Å². The van der Waals surface area contributed by atoms with Crippen LogP contribution in [0.1, 0.15) is 51.5 Å². The number of rotatable bonds is 8. The molecule has 5 rings (SSSR count). The lowest BCUT2D eigenvalue weighted by Gasteiger charge is -2.42. The van der Waals surface area contributed by atoms with Crippen molar-refractivity contribution in [3.63, 3.8) is 0 Å². The number of nitriles is 1. The van der Waals surface area contributed by atoms with Crippen molar-refractivity contribution in [3.05, 3.63) is 94.0 Å². The summed E-state index contributed by atoms with van der Waals surface area (Å²) in [6, 6.07) is 23.2. The first-order chi connectivity index (χ1) is 20.4. The highest BCUT2D eigenvalue weighted by molar-refractivity contribution is 5.96. The Kier molecular flexibility index (Phi) is 9.46. The molecule has 2 aliphatic rings. The van der Waals surface area contributed by atoms with Gasteiger partial charge in [-0.25, -0.2) is 0 Å². The Labute approximate surface area is 251 Å². The van der Waals surface area contributed by atoms with E-state index in [4.69, 9.17) is 5.73 Å². The molecule has 2 saturated heterocycles. The number of benzene rings is 3. The standard InChI is InChI=1S/C35H44N6O/c1-26-21-27(2)32(22-31(26)25-38-15-17-39(18-16-38)34-13-7-5-10-30(34)23-37)35(42)41-20-19-40(24-28(41)3)33-12-6-4-9-29(33)11-8-14-36/h4-7,9-10,12-13,21-22,28H,8,11,14-20,24-25,36H2,1-3H3/t28-/m0/s1. The van der Waals surface area contributed by atoms with Crippen LogP contribution in [-0.4, -0.2) is 74.1 Å². The number of hydrogen-bond donors (Lipinski definition) is 1. The van der Waals surface area contributed by atoms with Crippen LogP contribution in [0.15, 0.2) is 60.7 Å². The second kappa shape index (κ2) is 13.4. The van der Waals surface area contributed by atoms with Crippen LogP contribution < -0.4 is 15.5 Å². The van der Waals surface area contributed by atoms with E-state index in [9.17, 15) is 10.1 Å². The average Bonchev–Trinajstić information content (AvgIpc) is 3.01. The fourth-order valence-corrected chi connectivity index (χ4v) is 6.49. The maximum absolute atomic E-state index is 13.9. The van der Waals surface area contributed by atoms with Crippen LogP contribution in [0.2, 0.25) is 0 Å². The Morgan fingerprint density at radius 1 is 0.881 bits per heavy atom. The molecule has 3 aromatic carbocycles. The van der Waals surface area contributed by atoms with Crippen molar-refractivity contribution in [2.45, 2.75) is 46.2 Å². The van der Waals surface area contributed by atoms with Crippen LogP contribution >= 0.6 is 0 Å². The molecule has 7 nitrogen and oxygen atoms in total. The van der Waals surface area contributed by atoms with E-state index in [-0.39, 0.29) is 11.9 Å². The van der Waals surface area contributed by atoms with E-state index in [0.717, 1.165) is 81.0 Å². The van der Waals surface area contributed by atoms with Crippen molar-refractivity contribution in [1.29, 1.82) is 5.26 Å². The van der Waals surface area contributed by atoms with Crippen LogP contribution in [-0.2, 0) is 13.0 Å². The molecule has 2 heterocycles. The Hall–Kier alpha value is -3.86. The van der Waals surface area contributed by atoms with Crippen molar-refractivity contribution in [3.8, 4) is 6.07 Å². The summed E-state index contributed by atoms with van der Waals surface area (Å²) >= 11 is 0. The van der Waals surface area contributed by atoms with Crippen molar-refractivity contribution in [2.75, 3.05) is 62.2 Å². The first kappa shape index (κ1) is 29.6. The number of nitrogens with two attached hydrogens (primary N) is 1. The molecule has 42 heavy (non-hydrogen) atoms. The number of aryl methyl sites for hydroxylation is 3. The zero-order valence-corrected chi connectivity index (χ0v) is 25.4. The quantitative estimate of drug-likeness (QED) is 0.426. The highest BCUT2D eigenvalue weighted by Gasteiger charge is 2.30. The summed E-state index contributed by atoms with van der Waals surface area (Å²) in [6.07, 6.45) is 1.96. The summed E-state index contributed by atoms with van der Waals surface area (Å²) in [5.74, 6) is 0.134. The third kappa shape index (κ3) is 6.46. The van der Waals surface area contributed by atoms with Gasteiger partial charge in [-0.05, 0) is 86.7 Å². The number of carbonyl (C=O) groups excluding carboxylic acids is 1. The Morgan fingerprint density at radius 3 is 2.29 bits per heavy atom. The predicted molar refractivity (Wildman–Crippen MR) is 171 cm³/mol. The zero-order valence-electron chi connectivity index (χ0n) is 25.4. The van der Waals surface area contributed by atoms with Gasteiger partial charge in [0.15, 0.2) is 0 Å². The van der Waals surface area contributed by atoms with E-state index < -0.39 is 0 Å². The molecule has 0 unspecified atom stereocenters. The molecule has 0 saturated carbocycles. The summed E-state index contributed by atoms with van der Waals surface area (Å²) in [5.41, 5.74) is 14.5. The molecule has 0 spiro atoms. The van der Waals surface area contributed by atoms with Gasteiger partial charge < -0.3 is 20.4 Å². The number of carbonyl (C=O) groups is 1. The van der Waals surface area contributed by atoms with E-state index in [2.05, 4.69) is 82.8 Å². The minimum atomic E-state index is 0.113. The predicted octanol–water partition coefficient (Wildman–Crippen LogP) is 4.74. The van der Waals surface area contributed by atoms with Crippen LogP contribution in [0, 0.1) is 25.2 Å². The van der Waals surface area contributed by atoms with Gasteiger partial charge in [0, 0.05) is 69.7 Å². The van der Waals surface area contributed by atoms with E-state index in [1.54, 1.807) is 0 Å². The number of piperazine rings is 2. The molecule has 2 N–H and O–H groups in total. The summed E-state index contributed by atoms with van der Waals surface area (Å²) in [7, 11) is 0. The number of anilines is 2. The monoisotopic (exact) mass is 564 g/mol. The molecule has 0 radical (unpaired) electrons. The van der Waals surface area contributed by atoms with Gasteiger partial charge in [-0.3, -0.25) is 9.69 Å². The number of nitrogens with zero attached hydrogens (tertiary/aromatic N) is 5. The van der Waals surface area contributed by atoms with Crippen LogP contribution in [0.25, 0.3) is 0 Å². The van der Waals surface area contributed by atoms with E-state index in [1.165, 1.54) is 22.4 Å². The molecular weight excluding hydrogens is 520 g/mol. The van der Waals surface area contributed by atoms with Crippen molar-refractivity contribution in [1.82, 2.24) is 9.80 Å². The number of hydrogen-bond acceptors (Lipinski definition) is 6. The van der Waals surface area contributed by atoms with Gasteiger partial charge in [-0.1, -0.05) is 36.4 Å². The topological polar surface area (TPSA) is 79.8 Å². The molecule has 1 atom stereocenters. The molecule has 0 aromatic heterocycles. The van der Waals surface area contributed by atoms with Gasteiger partial charge in [0.1, 0.15) is 6.07 Å². The Morgan fingerprint density at radius 2 is 1.57 bits per heavy atom. The lowest BCUT2D eigenvalue weighted by molar-refractivity contribution is 0.0673. The van der Waals surface area contributed by atoms with E-state index in [1.807, 2.05) is 24.3 Å². The molecule has 0 bridgehead atoms. The maximum atomic E-state index is 13.9. The molecule has 7 heteroatoms. The molecule has 220 valence electrons. The summed E-state index contributed by atoms with van der Waals surface area (Å²) < 4.78 is 0. The first-order valence-corrected chi connectivity index (χ1v) is 15.3. The van der Waals surface area contributed by atoms with E-state index in [0.29, 0.717) is 13.1 Å². The molecule has 2 aliphatic heterocycles. The van der Waals surface area contributed by atoms with Gasteiger partial charge in [0.25, 0.3) is 5.91 Å². The van der Waals surface area contributed by atoms with Crippen molar-refractivity contribution in [2.24, 2.45) is 5.73 Å². The highest BCUT2D eigenvalue weighted by atomic mass is 16.2. The second-order valence-corrected chi connectivity index (χ2v) is 11.8. The first-order valence-electron chi connectivity index (χ1n) is 15.3. The lowest BCUT2D eigenvalue weighted by atomic mass is 9.97. The smallest absolute Gasteiger partial charge is 0.254 e. The van der Waals surface area contributed by atoms with Gasteiger partial charge in [-0.2, -0.15) is 5.26 Å². The fourth-order valence-electron chi connectivity index (χ4n) is 6.49. The van der Waals surface area contributed by atoms with Crippen LogP contribution in [0.5, 0.6) is 0 Å². The Balaban J connectivity index is 1.24. The average molecular weight is 565 g/mol. The summed E-state index contributed by atoms with van der Waals surface area (Å²) in [4.78, 5) is 23.2. The van der Waals surface area contributed by atoms with Crippen molar-refractivity contribution < 1.29 is 4.79 Å². The number of para-hydroxylation sites is 2. The second-order valence-electron chi connectivity index (χ2n) is 11.8. The SMILES string of the molecule is Cc1cc(C)c(C(=O)N2CCN(c3ccccc3CCCN)C[C@@H]2C)cc1CN1CCN(c2ccccc2C#N)CC1. The van der Waals surface area contributed by atoms with Gasteiger partial charge in [0.2, 0.25) is 0 Å².